The molecule has 0 radical (unpaired) electrons. The second kappa shape index (κ2) is 14.4. The molecule has 0 aliphatic heterocycles. The molecule has 64 heavy (non-hydrogen) atoms. The van der Waals surface area contributed by atoms with Crippen molar-refractivity contribution in [3.63, 3.8) is 0 Å². The second-order valence-corrected chi connectivity index (χ2v) is 17.2. The van der Waals surface area contributed by atoms with Crippen molar-refractivity contribution in [3.05, 3.63) is 271 Å². The molecule has 13 rings (SSSR count). The molecule has 11 aromatic rings. The maximum Gasteiger partial charge on any atom is 0.0726 e. The normalized spacial score (nSPS) is 12.8. The fourth-order valence-corrected chi connectivity index (χ4v) is 11.2. The third-order valence-electron chi connectivity index (χ3n) is 13.9. The van der Waals surface area contributed by atoms with Gasteiger partial charge < -0.3 is 4.90 Å². The van der Waals surface area contributed by atoms with E-state index in [1.807, 2.05) is 0 Å². The minimum atomic E-state index is -0.440. The summed E-state index contributed by atoms with van der Waals surface area (Å²) in [5, 5.41) is 5.00. The molecular formula is C63H41N. The molecule has 0 fully saturated rings. The van der Waals surface area contributed by atoms with E-state index in [-0.39, 0.29) is 0 Å². The first-order chi connectivity index (χ1) is 31.8. The Morgan fingerprint density at radius 1 is 0.266 bits per heavy atom. The van der Waals surface area contributed by atoms with Gasteiger partial charge in [-0.1, -0.05) is 212 Å². The van der Waals surface area contributed by atoms with E-state index in [0.717, 1.165) is 17.1 Å². The third kappa shape index (κ3) is 5.38. The van der Waals surface area contributed by atoms with Gasteiger partial charge in [-0.3, -0.25) is 0 Å². The van der Waals surface area contributed by atoms with Gasteiger partial charge in [0, 0.05) is 16.9 Å². The lowest BCUT2D eigenvalue weighted by Gasteiger charge is -2.32. The van der Waals surface area contributed by atoms with Crippen molar-refractivity contribution in [2.75, 3.05) is 4.90 Å². The van der Waals surface area contributed by atoms with Gasteiger partial charge >= 0.3 is 0 Å². The van der Waals surface area contributed by atoms with Crippen LogP contribution < -0.4 is 4.90 Å². The highest BCUT2D eigenvalue weighted by Gasteiger charge is 2.52. The van der Waals surface area contributed by atoms with Crippen molar-refractivity contribution in [3.8, 4) is 55.6 Å². The highest BCUT2D eigenvalue weighted by Crippen LogP contribution is 2.64. The van der Waals surface area contributed by atoms with Gasteiger partial charge in [-0.05, 0) is 130 Å². The molecule has 0 heterocycles. The van der Waals surface area contributed by atoms with Gasteiger partial charge in [0.1, 0.15) is 0 Å². The van der Waals surface area contributed by atoms with E-state index in [1.165, 1.54) is 99.4 Å². The van der Waals surface area contributed by atoms with E-state index < -0.39 is 5.41 Å². The van der Waals surface area contributed by atoms with Crippen LogP contribution in [0.15, 0.2) is 249 Å². The molecule has 1 spiro atoms. The lowest BCUT2D eigenvalue weighted by atomic mass is 9.70. The Kier molecular flexibility index (Phi) is 8.20. The zero-order valence-electron chi connectivity index (χ0n) is 35.1. The summed E-state index contributed by atoms with van der Waals surface area (Å²) < 4.78 is 0. The molecule has 0 saturated heterocycles. The summed E-state index contributed by atoms with van der Waals surface area (Å²) in [6, 6.07) is 92.1. The molecule has 0 bridgehead atoms. The zero-order valence-corrected chi connectivity index (χ0v) is 35.1. The van der Waals surface area contributed by atoms with Crippen LogP contribution in [0.1, 0.15) is 22.3 Å². The maximum atomic E-state index is 2.49. The van der Waals surface area contributed by atoms with E-state index >= 15 is 0 Å². The van der Waals surface area contributed by atoms with Gasteiger partial charge in [-0.2, -0.15) is 0 Å². The molecule has 0 saturated carbocycles. The van der Waals surface area contributed by atoms with E-state index in [1.54, 1.807) is 0 Å². The summed E-state index contributed by atoms with van der Waals surface area (Å²) in [7, 11) is 0. The molecule has 1 nitrogen and oxygen atoms in total. The summed E-state index contributed by atoms with van der Waals surface area (Å²) >= 11 is 0. The predicted molar refractivity (Wildman–Crippen MR) is 269 cm³/mol. The molecule has 11 aromatic carbocycles. The number of nitrogens with zero attached hydrogens (tertiary/aromatic N) is 1. The van der Waals surface area contributed by atoms with Crippen molar-refractivity contribution < 1.29 is 0 Å². The third-order valence-corrected chi connectivity index (χ3v) is 13.9. The number of fused-ring (bicyclic) bond motifs is 12. The first kappa shape index (κ1) is 36.4. The predicted octanol–water partition coefficient (Wildman–Crippen LogP) is 16.8. The van der Waals surface area contributed by atoms with Crippen LogP contribution in [0.5, 0.6) is 0 Å². The van der Waals surface area contributed by atoms with Crippen LogP contribution in [0, 0.1) is 0 Å². The number of benzene rings is 11. The maximum absolute atomic E-state index is 2.49. The van der Waals surface area contributed by atoms with Crippen LogP contribution in [0.2, 0.25) is 0 Å². The van der Waals surface area contributed by atoms with Crippen molar-refractivity contribution in [2.24, 2.45) is 0 Å². The minimum absolute atomic E-state index is 0.440. The van der Waals surface area contributed by atoms with Crippen molar-refractivity contribution in [1.29, 1.82) is 0 Å². The summed E-state index contributed by atoms with van der Waals surface area (Å²) in [6.07, 6.45) is 0. The van der Waals surface area contributed by atoms with E-state index in [2.05, 4.69) is 254 Å². The Hall–Kier alpha value is -8.26. The molecule has 2 aliphatic rings. The topological polar surface area (TPSA) is 3.24 Å². The lowest BCUT2D eigenvalue weighted by molar-refractivity contribution is 0.794. The smallest absolute Gasteiger partial charge is 0.0726 e. The highest BCUT2D eigenvalue weighted by atomic mass is 15.1. The van der Waals surface area contributed by atoms with Gasteiger partial charge in [-0.25, -0.2) is 0 Å². The SMILES string of the molecule is c1cc(-c2ccc(N(c3cccc(-c4cccc5ccccc45)c3)c3cccc4c3-c3ccccc3C43c4ccccc4-c4ccccc43)cc2)cc(-c2cccc3ccccc23)c1. The molecule has 0 atom stereocenters. The quantitative estimate of drug-likeness (QED) is 0.162. The van der Waals surface area contributed by atoms with Crippen molar-refractivity contribution >= 4 is 38.6 Å². The summed E-state index contributed by atoms with van der Waals surface area (Å²) in [4.78, 5) is 2.49. The van der Waals surface area contributed by atoms with Crippen LogP contribution in [0.25, 0.3) is 77.2 Å². The van der Waals surface area contributed by atoms with Crippen molar-refractivity contribution in [1.82, 2.24) is 0 Å². The first-order valence-corrected chi connectivity index (χ1v) is 22.3. The second-order valence-electron chi connectivity index (χ2n) is 17.2. The standard InChI is InChI=1S/C63H41N/c1-3-24-50-43(16-1)18-13-29-52(50)46-21-11-20-45(40-46)42-36-38-48(39-37-42)64(49-23-12-22-47(41-49)53-30-14-19-44-17-2-4-25-51(44)53)61-35-15-34-60-62(61)56-28-7-10-33-59(56)63(60)57-31-8-5-26-54(57)55-27-6-9-32-58(55)63/h1-41H. The highest BCUT2D eigenvalue weighted by molar-refractivity contribution is 6.03. The van der Waals surface area contributed by atoms with Gasteiger partial charge in [0.15, 0.2) is 0 Å². The first-order valence-electron chi connectivity index (χ1n) is 22.3. The molecular weight excluding hydrogens is 771 g/mol. The Balaban J connectivity index is 1.01. The summed E-state index contributed by atoms with van der Waals surface area (Å²) in [5.41, 5.74) is 20.7. The van der Waals surface area contributed by atoms with Crippen molar-refractivity contribution in [2.45, 2.75) is 5.41 Å². The van der Waals surface area contributed by atoms with Crippen LogP contribution >= 0.6 is 0 Å². The molecule has 0 aromatic heterocycles. The lowest BCUT2D eigenvalue weighted by Crippen LogP contribution is -2.26. The monoisotopic (exact) mass is 811 g/mol. The van der Waals surface area contributed by atoms with E-state index in [4.69, 9.17) is 0 Å². The number of hydrogen-bond acceptors (Lipinski definition) is 1. The molecule has 1 heteroatoms. The van der Waals surface area contributed by atoms with Crippen LogP contribution in [-0.4, -0.2) is 0 Å². The Labute approximate surface area is 373 Å². The average Bonchev–Trinajstić information content (AvgIpc) is 3.84. The Morgan fingerprint density at radius 2 is 0.719 bits per heavy atom. The number of rotatable bonds is 6. The van der Waals surface area contributed by atoms with Crippen LogP contribution in [0.3, 0.4) is 0 Å². The molecule has 2 aliphatic carbocycles. The molecule has 0 N–H and O–H groups in total. The summed E-state index contributed by atoms with van der Waals surface area (Å²) in [5.74, 6) is 0. The van der Waals surface area contributed by atoms with Gasteiger partial charge in [0.05, 0.1) is 11.1 Å². The molecule has 298 valence electrons. The fourth-order valence-electron chi connectivity index (χ4n) is 11.2. The van der Waals surface area contributed by atoms with E-state index in [9.17, 15) is 0 Å². The number of anilines is 3. The van der Waals surface area contributed by atoms with Gasteiger partial charge in [0.25, 0.3) is 0 Å². The Morgan fingerprint density at radius 3 is 1.38 bits per heavy atom. The molecule has 0 unspecified atom stereocenters. The Bertz CT molecular complexity index is 3580. The van der Waals surface area contributed by atoms with E-state index in [0.29, 0.717) is 0 Å². The van der Waals surface area contributed by atoms with Gasteiger partial charge in [-0.15, -0.1) is 0 Å². The largest absolute Gasteiger partial charge is 0.310 e. The van der Waals surface area contributed by atoms with Gasteiger partial charge in [0.2, 0.25) is 0 Å². The van der Waals surface area contributed by atoms with Crippen LogP contribution in [0.4, 0.5) is 17.1 Å². The summed E-state index contributed by atoms with van der Waals surface area (Å²) in [6.45, 7) is 0. The average molecular weight is 812 g/mol. The zero-order chi connectivity index (χ0) is 42.2. The fraction of sp³-hybridized carbons (Fsp3) is 0.0159. The van der Waals surface area contributed by atoms with Crippen LogP contribution in [-0.2, 0) is 5.41 Å². The number of hydrogen-bond donors (Lipinski definition) is 0. The minimum Gasteiger partial charge on any atom is -0.310 e. The molecule has 0 amide bonds.